The van der Waals surface area contributed by atoms with Crippen LogP contribution in [0.2, 0.25) is 0 Å². The van der Waals surface area contributed by atoms with E-state index in [0.717, 1.165) is 12.1 Å². The van der Waals surface area contributed by atoms with Gasteiger partial charge in [-0.25, -0.2) is 13.2 Å². The Hall–Kier alpha value is -1.84. The van der Waals surface area contributed by atoms with E-state index in [1.807, 2.05) is 0 Å². The zero-order chi connectivity index (χ0) is 11.5. The number of alkyl halides is 2. The van der Waals surface area contributed by atoms with Crippen LogP contribution >= 0.6 is 0 Å². The van der Waals surface area contributed by atoms with Gasteiger partial charge in [-0.3, -0.25) is 4.98 Å². The summed E-state index contributed by atoms with van der Waals surface area (Å²) >= 11 is 0. The number of nitrogens with zero attached hydrogens (tertiary/aromatic N) is 1. The minimum atomic E-state index is -2.82. The number of rotatable bonds is 2. The molecule has 16 heavy (non-hydrogen) atoms. The molecule has 0 N–H and O–H groups in total. The summed E-state index contributed by atoms with van der Waals surface area (Å²) in [5.74, 6) is -0.894. The molecule has 1 aromatic carbocycles. The first-order chi connectivity index (χ1) is 7.68. The fraction of sp³-hybridized carbons (Fsp3) is 0.0833. The Bertz CT molecular complexity index is 483. The third-order valence-corrected chi connectivity index (χ3v) is 2.19. The van der Waals surface area contributed by atoms with Gasteiger partial charge in [0.2, 0.25) is 0 Å². The number of aromatic nitrogens is 1. The number of hydrogen-bond acceptors (Lipinski definition) is 1. The molecule has 0 radical (unpaired) electrons. The third-order valence-electron chi connectivity index (χ3n) is 2.19. The molecular formula is C12H8F3N. The molecule has 82 valence electrons. The summed E-state index contributed by atoms with van der Waals surface area (Å²) in [5, 5.41) is 0. The summed E-state index contributed by atoms with van der Waals surface area (Å²) in [6.45, 7) is 0. The standard InChI is InChI=1S/C12H8F3N/c13-10-5-4-8(7-9(10)12(14)15)11-3-1-2-6-16-11/h1-7,12H. The van der Waals surface area contributed by atoms with Crippen LogP contribution in [-0.2, 0) is 0 Å². The SMILES string of the molecule is Fc1ccc(-c2ccccn2)cc1C(F)F. The fourth-order valence-corrected chi connectivity index (χ4v) is 1.40. The summed E-state index contributed by atoms with van der Waals surface area (Å²) in [6.07, 6.45) is -1.26. The van der Waals surface area contributed by atoms with Crippen molar-refractivity contribution in [2.24, 2.45) is 0 Å². The molecule has 0 atom stereocenters. The monoisotopic (exact) mass is 223 g/mol. The minimum Gasteiger partial charge on any atom is -0.256 e. The van der Waals surface area contributed by atoms with E-state index in [-0.39, 0.29) is 0 Å². The largest absolute Gasteiger partial charge is 0.266 e. The molecule has 0 amide bonds. The highest BCUT2D eigenvalue weighted by atomic mass is 19.3. The van der Waals surface area contributed by atoms with Gasteiger partial charge in [0, 0.05) is 11.8 Å². The first-order valence-electron chi connectivity index (χ1n) is 4.67. The van der Waals surface area contributed by atoms with Crippen molar-refractivity contribution >= 4 is 0 Å². The maximum atomic E-state index is 13.0. The first kappa shape index (κ1) is 10.7. The summed E-state index contributed by atoms with van der Waals surface area (Å²) in [4.78, 5) is 4.01. The first-order valence-corrected chi connectivity index (χ1v) is 4.67. The molecule has 0 unspecified atom stereocenters. The van der Waals surface area contributed by atoms with Crippen LogP contribution < -0.4 is 0 Å². The van der Waals surface area contributed by atoms with Crippen molar-refractivity contribution < 1.29 is 13.2 Å². The van der Waals surface area contributed by atoms with E-state index < -0.39 is 17.8 Å². The van der Waals surface area contributed by atoms with Gasteiger partial charge in [0.25, 0.3) is 6.43 Å². The molecule has 2 rings (SSSR count). The van der Waals surface area contributed by atoms with Gasteiger partial charge in [-0.05, 0) is 30.3 Å². The van der Waals surface area contributed by atoms with Gasteiger partial charge >= 0.3 is 0 Å². The lowest BCUT2D eigenvalue weighted by Gasteiger charge is -2.05. The normalized spacial score (nSPS) is 10.8. The van der Waals surface area contributed by atoms with E-state index in [2.05, 4.69) is 4.98 Å². The van der Waals surface area contributed by atoms with E-state index in [9.17, 15) is 13.2 Å². The Labute approximate surface area is 90.6 Å². The molecule has 0 aliphatic rings. The highest BCUT2D eigenvalue weighted by molar-refractivity contribution is 5.59. The molecule has 0 bridgehead atoms. The van der Waals surface area contributed by atoms with Crippen molar-refractivity contribution in [1.29, 1.82) is 0 Å². The number of halogens is 3. The van der Waals surface area contributed by atoms with Crippen molar-refractivity contribution in [1.82, 2.24) is 4.98 Å². The molecule has 2 aromatic rings. The van der Waals surface area contributed by atoms with E-state index in [4.69, 9.17) is 0 Å². The van der Waals surface area contributed by atoms with E-state index >= 15 is 0 Å². The van der Waals surface area contributed by atoms with Crippen LogP contribution in [-0.4, -0.2) is 4.98 Å². The molecule has 4 heteroatoms. The highest BCUT2D eigenvalue weighted by Crippen LogP contribution is 2.26. The molecule has 1 aromatic heterocycles. The summed E-state index contributed by atoms with van der Waals surface area (Å²) in [7, 11) is 0. The Morgan fingerprint density at radius 2 is 1.88 bits per heavy atom. The van der Waals surface area contributed by atoms with Gasteiger partial charge in [0.15, 0.2) is 0 Å². The van der Waals surface area contributed by atoms with Crippen LogP contribution in [0.25, 0.3) is 11.3 Å². The van der Waals surface area contributed by atoms with Crippen molar-refractivity contribution in [2.45, 2.75) is 6.43 Å². The minimum absolute atomic E-state index is 0.484. The van der Waals surface area contributed by atoms with Crippen molar-refractivity contribution in [3.63, 3.8) is 0 Å². The predicted molar refractivity (Wildman–Crippen MR) is 54.6 cm³/mol. The van der Waals surface area contributed by atoms with Gasteiger partial charge in [-0.2, -0.15) is 0 Å². The molecule has 0 saturated carbocycles. The van der Waals surface area contributed by atoms with Gasteiger partial charge in [-0.1, -0.05) is 6.07 Å². The van der Waals surface area contributed by atoms with Gasteiger partial charge in [-0.15, -0.1) is 0 Å². The average molecular weight is 223 g/mol. The Morgan fingerprint density at radius 1 is 1.06 bits per heavy atom. The van der Waals surface area contributed by atoms with E-state index in [0.29, 0.717) is 11.3 Å². The zero-order valence-electron chi connectivity index (χ0n) is 8.20. The smallest absolute Gasteiger partial charge is 0.256 e. The van der Waals surface area contributed by atoms with Crippen LogP contribution in [0.1, 0.15) is 12.0 Å². The highest BCUT2D eigenvalue weighted by Gasteiger charge is 2.14. The van der Waals surface area contributed by atoms with E-state index in [1.54, 1.807) is 24.4 Å². The topological polar surface area (TPSA) is 12.9 Å². The van der Waals surface area contributed by atoms with Crippen molar-refractivity contribution in [2.75, 3.05) is 0 Å². The lowest BCUT2D eigenvalue weighted by Crippen LogP contribution is -1.92. The van der Waals surface area contributed by atoms with Crippen LogP contribution in [0.5, 0.6) is 0 Å². The molecule has 0 aliphatic heterocycles. The maximum Gasteiger partial charge on any atom is 0.266 e. The Balaban J connectivity index is 2.48. The van der Waals surface area contributed by atoms with Crippen LogP contribution in [0.4, 0.5) is 13.2 Å². The fourth-order valence-electron chi connectivity index (χ4n) is 1.40. The van der Waals surface area contributed by atoms with Crippen molar-refractivity contribution in [3.8, 4) is 11.3 Å². The summed E-state index contributed by atoms with van der Waals surface area (Å²) < 4.78 is 38.0. The number of benzene rings is 1. The molecule has 1 nitrogen and oxygen atoms in total. The second-order valence-electron chi connectivity index (χ2n) is 3.25. The Kier molecular flexibility index (Phi) is 2.90. The zero-order valence-corrected chi connectivity index (χ0v) is 8.20. The van der Waals surface area contributed by atoms with E-state index in [1.165, 1.54) is 6.07 Å². The molecule has 0 spiro atoms. The maximum absolute atomic E-state index is 13.0. The van der Waals surface area contributed by atoms with Crippen LogP contribution in [0.15, 0.2) is 42.6 Å². The van der Waals surface area contributed by atoms with Crippen LogP contribution in [0, 0.1) is 5.82 Å². The molecular weight excluding hydrogens is 215 g/mol. The third kappa shape index (κ3) is 2.05. The second-order valence-corrected chi connectivity index (χ2v) is 3.25. The Morgan fingerprint density at radius 3 is 2.50 bits per heavy atom. The van der Waals surface area contributed by atoms with Gasteiger partial charge < -0.3 is 0 Å². The lowest BCUT2D eigenvalue weighted by atomic mass is 10.1. The van der Waals surface area contributed by atoms with Gasteiger partial charge in [0.05, 0.1) is 11.3 Å². The number of pyridine rings is 1. The van der Waals surface area contributed by atoms with Gasteiger partial charge in [0.1, 0.15) is 5.82 Å². The van der Waals surface area contributed by atoms with Crippen LogP contribution in [0.3, 0.4) is 0 Å². The van der Waals surface area contributed by atoms with Crippen molar-refractivity contribution in [3.05, 3.63) is 54.0 Å². The molecule has 0 aliphatic carbocycles. The quantitative estimate of drug-likeness (QED) is 0.754. The summed E-state index contributed by atoms with van der Waals surface area (Å²) in [5.41, 5.74) is 0.435. The average Bonchev–Trinajstić information content (AvgIpc) is 2.30. The molecule has 0 fully saturated rings. The lowest BCUT2D eigenvalue weighted by molar-refractivity contribution is 0.146. The predicted octanol–water partition coefficient (Wildman–Crippen LogP) is 3.83. The second kappa shape index (κ2) is 4.35. The molecule has 1 heterocycles. The number of hydrogen-bond donors (Lipinski definition) is 0. The molecule has 0 saturated heterocycles. The summed E-state index contributed by atoms with van der Waals surface area (Å²) in [6, 6.07) is 8.74.